The van der Waals surface area contributed by atoms with Crippen LogP contribution < -0.4 is 11.3 Å². The van der Waals surface area contributed by atoms with Crippen LogP contribution in [-0.2, 0) is 9.59 Å². The third-order valence-corrected chi connectivity index (χ3v) is 2.80. The Balaban J connectivity index is 2.90. The number of carbonyl (C=O) groups is 2. The van der Waals surface area contributed by atoms with Crippen LogP contribution in [0.15, 0.2) is 30.3 Å². The first-order valence-electron chi connectivity index (χ1n) is 5.33. The zero-order valence-electron chi connectivity index (χ0n) is 9.59. The number of carboxylic acids is 1. The smallest absolute Gasteiger partial charge is 0.304 e. The molecule has 0 fully saturated rings. The Morgan fingerprint density at radius 3 is 2.41 bits per heavy atom. The summed E-state index contributed by atoms with van der Waals surface area (Å²) in [7, 11) is 0. The molecule has 0 heterocycles. The lowest BCUT2D eigenvalue weighted by atomic mass is 9.85. The predicted molar refractivity (Wildman–Crippen MR) is 62.9 cm³/mol. The molecule has 5 nitrogen and oxygen atoms in total. The normalized spacial score (nSPS) is 13.8. The molecule has 4 N–H and O–H groups in total. The van der Waals surface area contributed by atoms with Gasteiger partial charge in [0.2, 0.25) is 5.91 Å². The third-order valence-electron chi connectivity index (χ3n) is 2.80. The number of hydrogen-bond acceptors (Lipinski definition) is 3. The van der Waals surface area contributed by atoms with Crippen molar-refractivity contribution in [2.75, 3.05) is 0 Å². The van der Waals surface area contributed by atoms with Gasteiger partial charge in [-0.2, -0.15) is 0 Å². The minimum atomic E-state index is -1.01. The molecule has 1 aromatic carbocycles. The second-order valence-corrected chi connectivity index (χ2v) is 3.91. The van der Waals surface area contributed by atoms with Crippen LogP contribution in [-0.4, -0.2) is 17.0 Å². The Morgan fingerprint density at radius 2 is 1.94 bits per heavy atom. The first-order valence-corrected chi connectivity index (χ1v) is 5.33. The standard InChI is InChI=1S/C12H16N2O3/c1-8(9-5-3-2-4-6-9)10(7-11(15)16)12(17)14-13/h2-6,8,10H,7,13H2,1H3,(H,14,17)(H,15,16). The summed E-state index contributed by atoms with van der Waals surface area (Å²) >= 11 is 0. The van der Waals surface area contributed by atoms with E-state index in [0.29, 0.717) is 0 Å². The van der Waals surface area contributed by atoms with Crippen LogP contribution in [0.4, 0.5) is 0 Å². The minimum Gasteiger partial charge on any atom is -0.481 e. The van der Waals surface area contributed by atoms with Crippen molar-refractivity contribution in [2.45, 2.75) is 19.3 Å². The molecule has 1 aromatic rings. The van der Waals surface area contributed by atoms with Gasteiger partial charge in [-0.1, -0.05) is 37.3 Å². The van der Waals surface area contributed by atoms with Gasteiger partial charge < -0.3 is 5.11 Å². The van der Waals surface area contributed by atoms with Crippen LogP contribution in [0.2, 0.25) is 0 Å². The second kappa shape index (κ2) is 6.00. The Morgan fingerprint density at radius 1 is 1.35 bits per heavy atom. The van der Waals surface area contributed by atoms with E-state index < -0.39 is 17.8 Å². The molecule has 0 saturated carbocycles. The molecule has 2 atom stereocenters. The molecule has 92 valence electrons. The minimum absolute atomic E-state index is 0.198. The second-order valence-electron chi connectivity index (χ2n) is 3.91. The fraction of sp³-hybridized carbons (Fsp3) is 0.333. The quantitative estimate of drug-likeness (QED) is 0.402. The molecular weight excluding hydrogens is 220 g/mol. The number of carboxylic acid groups (broad SMARTS) is 1. The lowest BCUT2D eigenvalue weighted by Gasteiger charge is -2.21. The summed E-state index contributed by atoms with van der Waals surface area (Å²) in [5, 5.41) is 8.80. The largest absolute Gasteiger partial charge is 0.481 e. The lowest BCUT2D eigenvalue weighted by Crippen LogP contribution is -2.39. The zero-order chi connectivity index (χ0) is 12.8. The summed E-state index contributed by atoms with van der Waals surface area (Å²) in [5.74, 6) is 2.74. The van der Waals surface area contributed by atoms with E-state index in [1.54, 1.807) is 0 Å². The van der Waals surface area contributed by atoms with Gasteiger partial charge in [0.05, 0.1) is 12.3 Å². The van der Waals surface area contributed by atoms with Gasteiger partial charge in [0, 0.05) is 0 Å². The predicted octanol–water partition coefficient (Wildman–Crippen LogP) is 0.871. The molecule has 0 radical (unpaired) electrons. The molecule has 2 unspecified atom stereocenters. The molecule has 17 heavy (non-hydrogen) atoms. The summed E-state index contributed by atoms with van der Waals surface area (Å²) in [4.78, 5) is 22.3. The van der Waals surface area contributed by atoms with Crippen LogP contribution in [0.5, 0.6) is 0 Å². The van der Waals surface area contributed by atoms with Crippen molar-refractivity contribution in [3.63, 3.8) is 0 Å². The summed E-state index contributed by atoms with van der Waals surface area (Å²) in [6.45, 7) is 1.82. The number of rotatable bonds is 5. The SMILES string of the molecule is CC(c1ccccc1)C(CC(=O)O)C(=O)NN. The monoisotopic (exact) mass is 236 g/mol. The molecule has 0 saturated heterocycles. The average molecular weight is 236 g/mol. The fourth-order valence-electron chi connectivity index (χ4n) is 1.78. The van der Waals surface area contributed by atoms with Crippen LogP contribution in [0.3, 0.4) is 0 Å². The topological polar surface area (TPSA) is 92.4 Å². The van der Waals surface area contributed by atoms with E-state index in [9.17, 15) is 9.59 Å². The Kier molecular flexibility index (Phi) is 4.66. The number of aliphatic carboxylic acids is 1. The lowest BCUT2D eigenvalue weighted by molar-refractivity contribution is -0.141. The van der Waals surface area contributed by atoms with Gasteiger partial charge in [-0.3, -0.25) is 15.0 Å². The molecule has 1 rings (SSSR count). The van der Waals surface area contributed by atoms with Gasteiger partial charge in [0.15, 0.2) is 0 Å². The van der Waals surface area contributed by atoms with Gasteiger partial charge in [-0.25, -0.2) is 5.84 Å². The molecule has 0 bridgehead atoms. The molecule has 0 aliphatic carbocycles. The molecule has 1 amide bonds. The van der Waals surface area contributed by atoms with Crippen molar-refractivity contribution >= 4 is 11.9 Å². The maximum atomic E-state index is 11.6. The number of hydrazine groups is 1. The summed E-state index contributed by atoms with van der Waals surface area (Å²) in [6, 6.07) is 9.30. The maximum Gasteiger partial charge on any atom is 0.304 e. The molecule has 0 aromatic heterocycles. The van der Waals surface area contributed by atoms with Crippen LogP contribution in [0.25, 0.3) is 0 Å². The molecule has 5 heteroatoms. The van der Waals surface area contributed by atoms with E-state index in [4.69, 9.17) is 10.9 Å². The fourth-order valence-corrected chi connectivity index (χ4v) is 1.78. The van der Waals surface area contributed by atoms with Crippen molar-refractivity contribution in [1.29, 1.82) is 0 Å². The molecule has 0 aliphatic heterocycles. The summed E-state index contributed by atoms with van der Waals surface area (Å²) < 4.78 is 0. The highest BCUT2D eigenvalue weighted by molar-refractivity contribution is 5.83. The van der Waals surface area contributed by atoms with E-state index >= 15 is 0 Å². The van der Waals surface area contributed by atoms with E-state index in [0.717, 1.165) is 5.56 Å². The molecular formula is C12H16N2O3. The summed E-state index contributed by atoms with van der Waals surface area (Å²) in [6.07, 6.45) is -0.237. The highest BCUT2D eigenvalue weighted by Crippen LogP contribution is 2.26. The van der Waals surface area contributed by atoms with Gasteiger partial charge >= 0.3 is 5.97 Å². The highest BCUT2D eigenvalue weighted by Gasteiger charge is 2.27. The van der Waals surface area contributed by atoms with Crippen molar-refractivity contribution in [3.8, 4) is 0 Å². The van der Waals surface area contributed by atoms with Gasteiger partial charge in [0.25, 0.3) is 0 Å². The highest BCUT2D eigenvalue weighted by atomic mass is 16.4. The number of carbonyl (C=O) groups excluding carboxylic acids is 1. The van der Waals surface area contributed by atoms with E-state index in [1.807, 2.05) is 42.7 Å². The number of amides is 1. The van der Waals surface area contributed by atoms with Gasteiger partial charge in [-0.15, -0.1) is 0 Å². The molecule has 0 aliphatic rings. The van der Waals surface area contributed by atoms with E-state index in [1.165, 1.54) is 0 Å². The first kappa shape index (κ1) is 13.2. The van der Waals surface area contributed by atoms with Crippen molar-refractivity contribution in [2.24, 2.45) is 11.8 Å². The number of hydrogen-bond donors (Lipinski definition) is 3. The van der Waals surface area contributed by atoms with Crippen molar-refractivity contribution in [1.82, 2.24) is 5.43 Å². The van der Waals surface area contributed by atoms with Crippen LogP contribution >= 0.6 is 0 Å². The zero-order valence-corrected chi connectivity index (χ0v) is 9.59. The number of benzene rings is 1. The van der Waals surface area contributed by atoms with Crippen LogP contribution in [0, 0.1) is 5.92 Å². The van der Waals surface area contributed by atoms with Gasteiger partial charge in [0.1, 0.15) is 0 Å². The Bertz CT molecular complexity index is 392. The molecule has 0 spiro atoms. The van der Waals surface area contributed by atoms with Crippen LogP contribution in [0.1, 0.15) is 24.8 Å². The van der Waals surface area contributed by atoms with Crippen molar-refractivity contribution < 1.29 is 14.7 Å². The van der Waals surface area contributed by atoms with E-state index in [-0.39, 0.29) is 12.3 Å². The number of nitrogens with one attached hydrogen (secondary N) is 1. The third kappa shape index (κ3) is 3.57. The maximum absolute atomic E-state index is 11.6. The van der Waals surface area contributed by atoms with E-state index in [2.05, 4.69) is 0 Å². The number of nitrogens with two attached hydrogens (primary N) is 1. The average Bonchev–Trinajstić information content (AvgIpc) is 2.35. The van der Waals surface area contributed by atoms with Crippen molar-refractivity contribution in [3.05, 3.63) is 35.9 Å². The Labute approximate surface area is 99.6 Å². The summed E-state index contributed by atoms with van der Waals surface area (Å²) in [5.41, 5.74) is 2.94. The van der Waals surface area contributed by atoms with Gasteiger partial charge in [-0.05, 0) is 11.5 Å². The Hall–Kier alpha value is -1.88. The first-order chi connectivity index (χ1) is 8.06.